The summed E-state index contributed by atoms with van der Waals surface area (Å²) in [5.74, 6) is -2.50. The second-order valence-electron chi connectivity index (χ2n) is 2.96. The van der Waals surface area contributed by atoms with E-state index in [1.807, 2.05) is 6.92 Å². The topological polar surface area (TPSA) is 164 Å². The van der Waals surface area contributed by atoms with E-state index in [4.69, 9.17) is 41.2 Å². The monoisotopic (exact) mass is 268 g/mol. The highest BCUT2D eigenvalue weighted by atomic mass is 16.4. The molecule has 1 unspecified atom stereocenters. The van der Waals surface area contributed by atoms with Crippen molar-refractivity contribution in [2.45, 2.75) is 40.2 Å². The van der Waals surface area contributed by atoms with Crippen LogP contribution in [0.3, 0.4) is 0 Å². The molecule has 0 saturated carbocycles. The summed E-state index contributed by atoms with van der Waals surface area (Å²) in [6.45, 7) is 5.88. The van der Waals surface area contributed by atoms with Crippen molar-refractivity contribution >= 4 is 17.9 Å². The highest BCUT2D eigenvalue weighted by Crippen LogP contribution is 1.77. The van der Waals surface area contributed by atoms with Gasteiger partial charge in [0.25, 0.3) is 17.9 Å². The van der Waals surface area contributed by atoms with E-state index < -0.39 is 17.9 Å². The molecule has 0 radical (unpaired) electrons. The van der Waals surface area contributed by atoms with Crippen LogP contribution in [-0.2, 0) is 14.4 Å². The summed E-state index contributed by atoms with van der Waals surface area (Å²) >= 11 is 0. The summed E-state index contributed by atoms with van der Waals surface area (Å²) in [6.07, 6.45) is 0.983. The molecule has 18 heavy (non-hydrogen) atoms. The Bertz CT molecular complexity index is 176. The van der Waals surface area contributed by atoms with E-state index in [9.17, 15) is 0 Å². The first-order valence-corrected chi connectivity index (χ1v) is 5.05. The van der Waals surface area contributed by atoms with Crippen LogP contribution in [0.2, 0.25) is 0 Å². The molecule has 0 fully saturated rings. The van der Waals surface area contributed by atoms with Crippen molar-refractivity contribution in [2.24, 2.45) is 11.5 Å². The van der Waals surface area contributed by atoms with Crippen LogP contribution in [0.15, 0.2) is 0 Å². The van der Waals surface area contributed by atoms with Gasteiger partial charge >= 0.3 is 0 Å². The van der Waals surface area contributed by atoms with Crippen molar-refractivity contribution in [2.75, 3.05) is 6.54 Å². The Morgan fingerprint density at radius 2 is 1.11 bits per heavy atom. The molecule has 1 atom stereocenters. The molecule has 7 N–H and O–H groups in total. The molecule has 0 aliphatic rings. The van der Waals surface area contributed by atoms with Gasteiger partial charge in [-0.2, -0.15) is 0 Å². The Balaban J connectivity index is -0.0000000742. The fraction of sp³-hybridized carbons (Fsp3) is 0.700. The first-order valence-electron chi connectivity index (χ1n) is 5.05. The third-order valence-electron chi connectivity index (χ3n) is 0.827. The fourth-order valence-electron chi connectivity index (χ4n) is 0.167. The summed E-state index contributed by atoms with van der Waals surface area (Å²) in [6, 6.07) is 0.213. The number of carbonyl (C=O) groups is 3. The van der Waals surface area contributed by atoms with Crippen molar-refractivity contribution in [3.63, 3.8) is 0 Å². The number of hydrogen-bond donors (Lipinski definition) is 5. The molecule has 0 bridgehead atoms. The van der Waals surface area contributed by atoms with Crippen molar-refractivity contribution in [3.8, 4) is 0 Å². The summed E-state index contributed by atoms with van der Waals surface area (Å²) in [5.41, 5.74) is 10.5. The predicted octanol–water partition coefficient (Wildman–Crippen LogP) is -0.0449. The molecule has 8 nitrogen and oxygen atoms in total. The van der Waals surface area contributed by atoms with E-state index in [2.05, 4.69) is 0 Å². The van der Waals surface area contributed by atoms with E-state index in [0.717, 1.165) is 27.2 Å². The minimum atomic E-state index is -0.833. The van der Waals surface area contributed by atoms with Gasteiger partial charge in [-0.15, -0.1) is 0 Å². The van der Waals surface area contributed by atoms with Crippen LogP contribution in [0.25, 0.3) is 0 Å². The molecule has 0 heterocycles. The van der Waals surface area contributed by atoms with Gasteiger partial charge in [-0.25, -0.2) is 0 Å². The number of rotatable bonds is 2. The normalized spacial score (nSPS) is 9.00. The molecular formula is C10H24N2O6. The Hall–Kier alpha value is -1.67. The maximum Gasteiger partial charge on any atom is 0.300 e. The van der Waals surface area contributed by atoms with Crippen LogP contribution in [0, 0.1) is 0 Å². The highest BCUT2D eigenvalue weighted by molar-refractivity contribution is 5.63. The zero-order valence-electron chi connectivity index (χ0n) is 11.2. The van der Waals surface area contributed by atoms with E-state index in [0.29, 0.717) is 6.54 Å². The van der Waals surface area contributed by atoms with Gasteiger partial charge in [0.15, 0.2) is 0 Å². The molecule has 0 spiro atoms. The highest BCUT2D eigenvalue weighted by Gasteiger charge is 1.88. The standard InChI is InChI=1S/C4H12N2.3C2H4O2/c1-2-4(6)3-5;3*1-2(3)4/h4H,2-3,5-6H2,1H3;3*1H3,(H,3,4). The van der Waals surface area contributed by atoms with E-state index in [1.54, 1.807) is 0 Å². The zero-order chi connectivity index (χ0) is 15.7. The molecule has 0 aromatic heterocycles. The molecule has 0 aliphatic carbocycles. The minimum Gasteiger partial charge on any atom is -0.481 e. The Morgan fingerprint density at radius 1 is 0.944 bits per heavy atom. The smallest absolute Gasteiger partial charge is 0.300 e. The molecule has 8 heteroatoms. The number of nitrogens with two attached hydrogens (primary N) is 2. The van der Waals surface area contributed by atoms with Crippen LogP contribution in [0.4, 0.5) is 0 Å². The van der Waals surface area contributed by atoms with Gasteiger partial charge in [0.1, 0.15) is 0 Å². The number of carboxylic acids is 3. The number of aliphatic carboxylic acids is 3. The lowest BCUT2D eigenvalue weighted by atomic mass is 10.2. The van der Waals surface area contributed by atoms with Crippen LogP contribution < -0.4 is 11.5 Å². The Labute approximate surface area is 107 Å². The molecule has 0 aliphatic heterocycles. The lowest BCUT2D eigenvalue weighted by molar-refractivity contribution is -0.135. The number of carboxylic acid groups (broad SMARTS) is 3. The van der Waals surface area contributed by atoms with Crippen LogP contribution >= 0.6 is 0 Å². The van der Waals surface area contributed by atoms with Gasteiger partial charge in [0, 0.05) is 33.4 Å². The molecule has 0 aromatic carbocycles. The van der Waals surface area contributed by atoms with E-state index in [1.165, 1.54) is 0 Å². The van der Waals surface area contributed by atoms with Crippen molar-refractivity contribution in [1.29, 1.82) is 0 Å². The van der Waals surface area contributed by atoms with Gasteiger partial charge in [0.05, 0.1) is 0 Å². The average molecular weight is 268 g/mol. The largest absolute Gasteiger partial charge is 0.481 e. The molecule has 0 aromatic rings. The van der Waals surface area contributed by atoms with Crippen molar-refractivity contribution in [3.05, 3.63) is 0 Å². The minimum absolute atomic E-state index is 0.213. The first kappa shape index (κ1) is 25.2. The molecule has 110 valence electrons. The van der Waals surface area contributed by atoms with Crippen LogP contribution in [0.1, 0.15) is 34.1 Å². The Kier molecular flexibility index (Phi) is 29.0. The van der Waals surface area contributed by atoms with Gasteiger partial charge in [-0.05, 0) is 6.42 Å². The maximum absolute atomic E-state index is 9.00. The molecule has 0 saturated heterocycles. The third-order valence-corrected chi connectivity index (χ3v) is 0.827. The van der Waals surface area contributed by atoms with Crippen molar-refractivity contribution in [1.82, 2.24) is 0 Å². The van der Waals surface area contributed by atoms with Gasteiger partial charge in [0.2, 0.25) is 0 Å². The van der Waals surface area contributed by atoms with Crippen molar-refractivity contribution < 1.29 is 29.7 Å². The van der Waals surface area contributed by atoms with E-state index >= 15 is 0 Å². The van der Waals surface area contributed by atoms with Crippen LogP contribution in [-0.4, -0.2) is 45.8 Å². The summed E-state index contributed by atoms with van der Waals surface area (Å²) in [5, 5.41) is 22.2. The fourth-order valence-corrected chi connectivity index (χ4v) is 0.167. The summed E-state index contributed by atoms with van der Waals surface area (Å²) < 4.78 is 0. The average Bonchev–Trinajstić information content (AvgIpc) is 2.13. The SMILES string of the molecule is CC(=O)O.CC(=O)O.CC(=O)O.CCC(N)CN. The zero-order valence-corrected chi connectivity index (χ0v) is 11.2. The summed E-state index contributed by atoms with van der Waals surface area (Å²) in [4.78, 5) is 27.0. The summed E-state index contributed by atoms with van der Waals surface area (Å²) in [7, 11) is 0. The quantitative estimate of drug-likeness (QED) is 0.465. The Morgan fingerprint density at radius 3 is 1.11 bits per heavy atom. The first-order chi connectivity index (χ1) is 8.00. The second-order valence-corrected chi connectivity index (χ2v) is 2.96. The second kappa shape index (κ2) is 20.7. The molecular weight excluding hydrogens is 244 g/mol. The number of hydrogen-bond acceptors (Lipinski definition) is 5. The lowest BCUT2D eigenvalue weighted by Crippen LogP contribution is -2.28. The van der Waals surface area contributed by atoms with E-state index in [-0.39, 0.29) is 6.04 Å². The molecule has 0 rings (SSSR count). The lowest BCUT2D eigenvalue weighted by Gasteiger charge is -1.99. The van der Waals surface area contributed by atoms with Gasteiger partial charge in [-0.1, -0.05) is 6.92 Å². The third kappa shape index (κ3) is 469. The van der Waals surface area contributed by atoms with Crippen LogP contribution in [0.5, 0.6) is 0 Å². The molecule has 0 amide bonds. The van der Waals surface area contributed by atoms with Gasteiger partial charge < -0.3 is 26.8 Å². The van der Waals surface area contributed by atoms with Gasteiger partial charge in [-0.3, -0.25) is 14.4 Å². The maximum atomic E-state index is 9.00. The predicted molar refractivity (Wildman–Crippen MR) is 67.3 cm³/mol.